The van der Waals surface area contributed by atoms with Gasteiger partial charge in [0.15, 0.2) is 0 Å². The molecule has 18 nitrogen and oxygen atoms in total. The van der Waals surface area contributed by atoms with Gasteiger partial charge < -0.3 is 44.4 Å². The molecule has 0 radical (unpaired) electrons. The standard InChI is InChI=1S/3C21H21FN4O2S/c3*1-27-10-21(28-2)4-3-14-17(7-21)29-20-18(14)19(24-11-25-20)26-16-6-13-9-23-8-12(13)5-15(16)22/h3*5-6,9,11H,3-4,7-8,10H2,1-2H3,(H,24,25,26)/t2*21-;/m10./s1. The number of thiophene rings is 3. The lowest BCUT2D eigenvalue weighted by Crippen LogP contribution is -2.41. The molecule has 24 heteroatoms. The molecule has 0 spiro atoms. The van der Waals surface area contributed by atoms with Crippen molar-refractivity contribution in [2.24, 2.45) is 15.0 Å². The molecular formula is C63H63F3N12O6S3. The van der Waals surface area contributed by atoms with Gasteiger partial charge in [0.2, 0.25) is 0 Å². The minimum absolute atomic E-state index is 0.302. The second-order valence-electron chi connectivity index (χ2n) is 22.6. The maximum atomic E-state index is 14.6. The van der Waals surface area contributed by atoms with E-state index in [0.717, 1.165) is 122 Å². The number of aryl methyl sites for hydroxylation is 3. The molecule has 3 aliphatic carbocycles. The van der Waals surface area contributed by atoms with E-state index in [1.807, 2.05) is 0 Å². The average molecular weight is 1240 g/mol. The van der Waals surface area contributed by atoms with E-state index in [-0.39, 0.29) is 34.3 Å². The van der Waals surface area contributed by atoms with E-state index in [9.17, 15) is 13.2 Å². The van der Waals surface area contributed by atoms with E-state index in [2.05, 4.69) is 60.8 Å². The number of hydrogen-bond acceptors (Lipinski definition) is 21. The second kappa shape index (κ2) is 24.4. The van der Waals surface area contributed by atoms with Crippen LogP contribution in [-0.2, 0) is 86.6 Å². The number of nitrogens with one attached hydrogen (secondary N) is 3. The summed E-state index contributed by atoms with van der Waals surface area (Å²) in [4.78, 5) is 45.8. The molecule has 87 heavy (non-hydrogen) atoms. The summed E-state index contributed by atoms with van der Waals surface area (Å²) < 4.78 is 77.6. The van der Waals surface area contributed by atoms with Gasteiger partial charge in [0.05, 0.1) is 89.5 Å². The van der Waals surface area contributed by atoms with Crippen molar-refractivity contribution in [2.75, 3.05) is 78.4 Å². The topological polar surface area (TPSA) is 206 Å². The van der Waals surface area contributed by atoms with Gasteiger partial charge in [-0.1, -0.05) is 0 Å². The molecule has 6 aromatic heterocycles. The number of benzene rings is 3. The summed E-state index contributed by atoms with van der Waals surface area (Å²) in [6.07, 6.45) is 17.3. The Morgan fingerprint density at radius 1 is 0.425 bits per heavy atom. The van der Waals surface area contributed by atoms with E-state index < -0.39 is 0 Å². The Kier molecular flexibility index (Phi) is 16.5. The van der Waals surface area contributed by atoms with Crippen molar-refractivity contribution in [2.45, 2.75) is 94.2 Å². The predicted octanol–water partition coefficient (Wildman–Crippen LogP) is 12.1. The molecule has 3 aromatic carbocycles. The maximum absolute atomic E-state index is 14.6. The Balaban J connectivity index is 0.000000121. The number of hydrogen-bond donors (Lipinski definition) is 3. The van der Waals surface area contributed by atoms with Crippen molar-refractivity contribution in [1.82, 2.24) is 29.9 Å². The Bertz CT molecular complexity index is 3810. The molecule has 450 valence electrons. The Labute approximate surface area is 511 Å². The van der Waals surface area contributed by atoms with Crippen molar-refractivity contribution >= 4 is 118 Å². The van der Waals surface area contributed by atoms with E-state index in [1.165, 1.54) is 50.3 Å². The van der Waals surface area contributed by atoms with Crippen molar-refractivity contribution in [3.8, 4) is 0 Å². The molecule has 1 unspecified atom stereocenters. The predicted molar refractivity (Wildman–Crippen MR) is 336 cm³/mol. The zero-order chi connectivity index (χ0) is 60.0. The highest BCUT2D eigenvalue weighted by molar-refractivity contribution is 7.19. The first-order valence-electron chi connectivity index (χ1n) is 28.5. The van der Waals surface area contributed by atoms with Gasteiger partial charge in [-0.2, -0.15) is 0 Å². The van der Waals surface area contributed by atoms with Crippen LogP contribution in [0.5, 0.6) is 0 Å². The summed E-state index contributed by atoms with van der Waals surface area (Å²) in [6.45, 7) is 3.25. The van der Waals surface area contributed by atoms with Gasteiger partial charge in [-0.25, -0.2) is 43.1 Å². The first kappa shape index (κ1) is 58.7. The number of fused-ring (bicyclic) bond motifs is 12. The normalized spacial score (nSPS) is 20.1. The molecule has 0 fully saturated rings. The summed E-state index contributed by atoms with van der Waals surface area (Å²) in [5.41, 5.74) is 9.48. The fraction of sp³-hybridized carbons (Fsp3) is 0.381. The highest BCUT2D eigenvalue weighted by Gasteiger charge is 2.40. The molecule has 15 rings (SSSR count). The Morgan fingerprint density at radius 3 is 1.00 bits per heavy atom. The lowest BCUT2D eigenvalue weighted by atomic mass is 9.84. The van der Waals surface area contributed by atoms with Crippen LogP contribution in [-0.4, -0.2) is 128 Å². The van der Waals surface area contributed by atoms with Crippen LogP contribution in [0, 0.1) is 17.5 Å². The van der Waals surface area contributed by atoms with Crippen LogP contribution in [0.1, 0.15) is 84.0 Å². The summed E-state index contributed by atoms with van der Waals surface area (Å²) >= 11 is 4.95. The summed E-state index contributed by atoms with van der Waals surface area (Å²) in [5, 5.41) is 12.5. The zero-order valence-corrected chi connectivity index (χ0v) is 51.3. The first-order chi connectivity index (χ1) is 42.4. The van der Waals surface area contributed by atoms with Crippen LogP contribution >= 0.6 is 34.0 Å². The highest BCUT2D eigenvalue weighted by Crippen LogP contribution is 2.46. The Hall–Kier alpha value is -7.26. The summed E-state index contributed by atoms with van der Waals surface area (Å²) in [7, 11) is 10.3. The van der Waals surface area contributed by atoms with Gasteiger partial charge in [-0.15, -0.1) is 34.0 Å². The molecule has 0 amide bonds. The molecule has 0 saturated carbocycles. The van der Waals surface area contributed by atoms with Gasteiger partial charge in [0.25, 0.3) is 0 Å². The molecular weight excluding hydrogens is 1170 g/mol. The molecule has 9 heterocycles. The molecule has 6 aliphatic rings. The summed E-state index contributed by atoms with van der Waals surface area (Å²) in [5.74, 6) is 1.00. The molecule has 0 bridgehead atoms. The van der Waals surface area contributed by atoms with Crippen LogP contribution in [0.2, 0.25) is 0 Å². The number of aromatic nitrogens is 6. The quantitative estimate of drug-likeness (QED) is 0.0873. The van der Waals surface area contributed by atoms with Gasteiger partial charge in [-0.3, -0.25) is 15.0 Å². The van der Waals surface area contributed by atoms with Crippen molar-refractivity contribution in [3.05, 3.63) is 138 Å². The van der Waals surface area contributed by atoms with Crippen LogP contribution < -0.4 is 16.0 Å². The van der Waals surface area contributed by atoms with Crippen LogP contribution in [0.3, 0.4) is 0 Å². The lowest BCUT2D eigenvalue weighted by molar-refractivity contribution is -0.0715. The maximum Gasteiger partial charge on any atom is 0.147 e. The van der Waals surface area contributed by atoms with E-state index in [1.54, 1.807) is 132 Å². The number of methoxy groups -OCH3 is 6. The number of aliphatic imine (C=N–C) groups is 3. The molecule has 3 N–H and O–H groups in total. The Morgan fingerprint density at radius 2 is 0.724 bits per heavy atom. The number of nitrogens with zero attached hydrogens (tertiary/aromatic N) is 9. The largest absolute Gasteiger partial charge is 0.382 e. The lowest BCUT2D eigenvalue weighted by Gasteiger charge is -2.35. The number of anilines is 6. The molecule has 9 aromatic rings. The minimum atomic E-state index is -0.310. The van der Waals surface area contributed by atoms with E-state index in [0.29, 0.717) is 74.0 Å². The van der Waals surface area contributed by atoms with E-state index >= 15 is 0 Å². The first-order valence-corrected chi connectivity index (χ1v) is 31.0. The third-order valence-corrected chi connectivity index (χ3v) is 20.8. The van der Waals surface area contributed by atoms with Gasteiger partial charge in [0.1, 0.15) is 68.4 Å². The zero-order valence-electron chi connectivity index (χ0n) is 48.9. The van der Waals surface area contributed by atoms with Crippen LogP contribution in [0.4, 0.5) is 47.7 Å². The monoisotopic (exact) mass is 1240 g/mol. The van der Waals surface area contributed by atoms with E-state index in [4.69, 9.17) is 28.4 Å². The number of rotatable bonds is 15. The second-order valence-corrected chi connectivity index (χ2v) is 25.8. The SMILES string of the molecule is COCC1(OC)CCc2c(sc3ncnc(Nc4cc5c(cc4F)CN=C5)c23)C1.COC[C@@]1(OC)CCc2c(sc3ncnc(Nc4cc5c(cc4F)CN=C5)c23)C1.COC[C@]1(OC)CCc2c(sc3ncnc(Nc4cc5c(cc4F)CN=C5)c23)C1. The third kappa shape index (κ3) is 11.3. The third-order valence-electron chi connectivity index (χ3n) is 17.4. The van der Waals surface area contributed by atoms with Gasteiger partial charge >= 0.3 is 0 Å². The minimum Gasteiger partial charge on any atom is -0.382 e. The van der Waals surface area contributed by atoms with Crippen LogP contribution in [0.15, 0.2) is 70.4 Å². The van der Waals surface area contributed by atoms with Gasteiger partial charge in [-0.05, 0) is 125 Å². The van der Waals surface area contributed by atoms with Crippen LogP contribution in [0.25, 0.3) is 30.6 Å². The number of halogens is 3. The fourth-order valence-corrected chi connectivity index (χ4v) is 16.7. The van der Waals surface area contributed by atoms with Crippen molar-refractivity contribution in [3.63, 3.8) is 0 Å². The highest BCUT2D eigenvalue weighted by atomic mass is 32.1. The molecule has 3 atom stereocenters. The average Bonchev–Trinajstić information content (AvgIpc) is 1.79. The smallest absolute Gasteiger partial charge is 0.147 e. The molecule has 3 aliphatic heterocycles. The van der Waals surface area contributed by atoms with Gasteiger partial charge in [0, 0.05) is 95.2 Å². The van der Waals surface area contributed by atoms with Crippen molar-refractivity contribution < 1.29 is 41.6 Å². The van der Waals surface area contributed by atoms with Crippen molar-refractivity contribution in [1.29, 1.82) is 0 Å². The fourth-order valence-electron chi connectivity index (χ4n) is 12.7. The summed E-state index contributed by atoms with van der Waals surface area (Å²) in [6, 6.07) is 10.0. The number of ether oxygens (including phenoxy) is 6. The molecule has 0 saturated heterocycles.